The first-order valence-corrected chi connectivity index (χ1v) is 9.18. The molecule has 0 saturated heterocycles. The molecule has 5 nitrogen and oxygen atoms in total. The summed E-state index contributed by atoms with van der Waals surface area (Å²) in [6.45, 7) is 0.306. The molecule has 0 aliphatic carbocycles. The number of nitrogens with zero attached hydrogens (tertiary/aromatic N) is 2. The molecule has 0 amide bonds. The maximum Gasteiger partial charge on any atom is 0.328 e. The fourth-order valence-corrected chi connectivity index (χ4v) is 4.05. The van der Waals surface area contributed by atoms with Gasteiger partial charge >= 0.3 is 5.69 Å². The van der Waals surface area contributed by atoms with E-state index in [0.29, 0.717) is 13.0 Å². The first kappa shape index (κ1) is 16.4. The molecule has 126 valence electrons. The number of hydrogen-bond donors (Lipinski definition) is 0. The highest BCUT2D eigenvalue weighted by Crippen LogP contribution is 2.15. The Morgan fingerprint density at radius 3 is 2.29 bits per heavy atom. The van der Waals surface area contributed by atoms with Gasteiger partial charge in [0.05, 0.1) is 21.7 Å². The Bertz CT molecular complexity index is 1030. The van der Waals surface area contributed by atoms with Crippen LogP contribution in [0.1, 0.15) is 6.42 Å². The van der Waals surface area contributed by atoms with Crippen LogP contribution < -0.4 is 5.69 Å². The molecule has 24 heavy (non-hydrogen) atoms. The van der Waals surface area contributed by atoms with Gasteiger partial charge in [-0.2, -0.15) is 0 Å². The van der Waals surface area contributed by atoms with Gasteiger partial charge in [-0.3, -0.25) is 9.13 Å². The van der Waals surface area contributed by atoms with Crippen molar-refractivity contribution in [1.29, 1.82) is 0 Å². The molecule has 3 aromatic rings. The van der Waals surface area contributed by atoms with Crippen molar-refractivity contribution in [3.63, 3.8) is 0 Å². The normalized spacial score (nSPS) is 11.9. The summed E-state index contributed by atoms with van der Waals surface area (Å²) in [5.74, 6) is -0.579. The number of fused-ring (bicyclic) bond motifs is 1. The van der Waals surface area contributed by atoms with Crippen LogP contribution in [-0.2, 0) is 23.4 Å². The molecule has 0 aliphatic heterocycles. The summed E-state index contributed by atoms with van der Waals surface area (Å²) in [6.07, 6.45) is 0.299. The van der Waals surface area contributed by atoms with E-state index in [0.717, 1.165) is 23.2 Å². The van der Waals surface area contributed by atoms with Crippen molar-refractivity contribution in [2.45, 2.75) is 17.9 Å². The van der Waals surface area contributed by atoms with Gasteiger partial charge in [0.2, 0.25) is 0 Å². The van der Waals surface area contributed by atoms with E-state index in [-0.39, 0.29) is 16.3 Å². The van der Waals surface area contributed by atoms with Crippen molar-refractivity contribution in [2.75, 3.05) is 5.75 Å². The highest BCUT2D eigenvalue weighted by Gasteiger charge is 2.15. The molecular formula is C17H17FN2O3S. The molecule has 2 aromatic carbocycles. The second-order valence-corrected chi connectivity index (χ2v) is 7.72. The lowest BCUT2D eigenvalue weighted by Gasteiger charge is -2.06. The molecule has 0 N–H and O–H groups in total. The van der Waals surface area contributed by atoms with E-state index in [1.165, 1.54) is 12.1 Å². The zero-order valence-electron chi connectivity index (χ0n) is 13.1. The van der Waals surface area contributed by atoms with Crippen LogP contribution in [0.2, 0.25) is 0 Å². The number of imidazole rings is 1. The highest BCUT2D eigenvalue weighted by atomic mass is 32.2. The fraction of sp³-hybridized carbons (Fsp3) is 0.235. The molecule has 3 rings (SSSR count). The van der Waals surface area contributed by atoms with Gasteiger partial charge in [-0.1, -0.05) is 12.1 Å². The summed E-state index contributed by atoms with van der Waals surface area (Å²) in [4.78, 5) is 12.4. The molecule has 0 fully saturated rings. The summed E-state index contributed by atoms with van der Waals surface area (Å²) in [7, 11) is -1.80. The lowest BCUT2D eigenvalue weighted by Crippen LogP contribution is -2.23. The summed E-state index contributed by atoms with van der Waals surface area (Å²) >= 11 is 0. The van der Waals surface area contributed by atoms with E-state index >= 15 is 0 Å². The smallest absolute Gasteiger partial charge is 0.295 e. The minimum absolute atomic E-state index is 0.0918. The van der Waals surface area contributed by atoms with Crippen molar-refractivity contribution in [2.24, 2.45) is 7.05 Å². The number of para-hydroxylation sites is 2. The van der Waals surface area contributed by atoms with Gasteiger partial charge < -0.3 is 0 Å². The highest BCUT2D eigenvalue weighted by molar-refractivity contribution is 7.91. The quantitative estimate of drug-likeness (QED) is 0.665. The minimum atomic E-state index is -3.50. The average Bonchev–Trinajstić information content (AvgIpc) is 2.80. The number of rotatable bonds is 5. The van der Waals surface area contributed by atoms with E-state index in [2.05, 4.69) is 0 Å². The molecule has 0 unspecified atom stereocenters. The van der Waals surface area contributed by atoms with Crippen LogP contribution in [0, 0.1) is 5.82 Å². The average molecular weight is 348 g/mol. The molecule has 0 aliphatic rings. The first-order valence-electron chi connectivity index (χ1n) is 7.53. The van der Waals surface area contributed by atoms with E-state index < -0.39 is 15.7 Å². The minimum Gasteiger partial charge on any atom is -0.295 e. The summed E-state index contributed by atoms with van der Waals surface area (Å²) < 4.78 is 40.6. The van der Waals surface area contributed by atoms with Crippen molar-refractivity contribution in [1.82, 2.24) is 9.13 Å². The van der Waals surface area contributed by atoms with Crippen LogP contribution in [-0.4, -0.2) is 23.3 Å². The monoisotopic (exact) mass is 348 g/mol. The lowest BCUT2D eigenvalue weighted by molar-refractivity contribution is 0.583. The van der Waals surface area contributed by atoms with Crippen LogP contribution in [0.15, 0.2) is 58.2 Å². The molecule has 0 atom stereocenters. The molecule has 0 radical (unpaired) electrons. The molecular weight excluding hydrogens is 331 g/mol. The topological polar surface area (TPSA) is 61.1 Å². The van der Waals surface area contributed by atoms with E-state index in [9.17, 15) is 17.6 Å². The predicted octanol–water partition coefficient (Wildman–Crippen LogP) is 2.34. The number of sulfone groups is 1. The molecule has 1 heterocycles. The van der Waals surface area contributed by atoms with Gasteiger partial charge in [-0.05, 0) is 42.8 Å². The van der Waals surface area contributed by atoms with E-state index in [1.54, 1.807) is 16.2 Å². The molecule has 1 aromatic heterocycles. The number of hydrogen-bond acceptors (Lipinski definition) is 3. The second kappa shape index (κ2) is 6.24. The van der Waals surface area contributed by atoms with Crippen LogP contribution in [0.5, 0.6) is 0 Å². The SMILES string of the molecule is Cn1c(=O)n(CCCS(=O)(=O)c2ccc(F)cc2)c2ccccc21. The second-order valence-electron chi connectivity index (χ2n) is 5.61. The molecule has 7 heteroatoms. The van der Waals surface area contributed by atoms with Crippen LogP contribution in [0.4, 0.5) is 4.39 Å². The van der Waals surface area contributed by atoms with Gasteiger partial charge in [0, 0.05) is 13.6 Å². The predicted molar refractivity (Wildman–Crippen MR) is 90.2 cm³/mol. The van der Waals surface area contributed by atoms with Gasteiger partial charge in [0.1, 0.15) is 5.82 Å². The third kappa shape index (κ3) is 2.99. The summed E-state index contributed by atoms with van der Waals surface area (Å²) in [5.41, 5.74) is 1.42. The fourth-order valence-electron chi connectivity index (χ4n) is 2.75. The van der Waals surface area contributed by atoms with Crippen LogP contribution >= 0.6 is 0 Å². The zero-order valence-corrected chi connectivity index (χ0v) is 14.0. The summed E-state index contributed by atoms with van der Waals surface area (Å²) in [6, 6.07) is 12.2. The Labute approximate surface area is 138 Å². The molecule has 0 bridgehead atoms. The van der Waals surface area contributed by atoms with Crippen molar-refractivity contribution < 1.29 is 12.8 Å². The largest absolute Gasteiger partial charge is 0.328 e. The van der Waals surface area contributed by atoms with Gasteiger partial charge in [-0.15, -0.1) is 0 Å². The maximum absolute atomic E-state index is 12.9. The molecule has 0 saturated carbocycles. The van der Waals surface area contributed by atoms with Gasteiger partial charge in [0.15, 0.2) is 9.84 Å². The van der Waals surface area contributed by atoms with Crippen molar-refractivity contribution >= 4 is 20.9 Å². The molecule has 0 spiro atoms. The lowest BCUT2D eigenvalue weighted by atomic mass is 10.3. The Morgan fingerprint density at radius 1 is 1.00 bits per heavy atom. The van der Waals surface area contributed by atoms with Crippen LogP contribution in [0.3, 0.4) is 0 Å². The first-order chi connectivity index (χ1) is 11.4. The number of aryl methyl sites for hydroxylation is 2. The van der Waals surface area contributed by atoms with Gasteiger partial charge in [0.25, 0.3) is 0 Å². The number of benzene rings is 2. The Hall–Kier alpha value is -2.41. The number of halogens is 1. The van der Waals surface area contributed by atoms with Crippen molar-refractivity contribution in [3.8, 4) is 0 Å². The Balaban J connectivity index is 1.79. The Kier molecular flexibility index (Phi) is 4.28. The standard InChI is InChI=1S/C17H17FN2O3S/c1-19-15-5-2-3-6-16(15)20(17(19)21)11-4-12-24(22,23)14-9-7-13(18)8-10-14/h2-3,5-10H,4,11-12H2,1H3. The third-order valence-electron chi connectivity index (χ3n) is 4.02. The third-order valence-corrected chi connectivity index (χ3v) is 5.84. The Morgan fingerprint density at radius 2 is 1.62 bits per heavy atom. The summed E-state index contributed by atoms with van der Waals surface area (Å²) in [5, 5.41) is 0. The van der Waals surface area contributed by atoms with Gasteiger partial charge in [-0.25, -0.2) is 17.6 Å². The van der Waals surface area contributed by atoms with E-state index in [1.807, 2.05) is 24.3 Å². The van der Waals surface area contributed by atoms with E-state index in [4.69, 9.17) is 0 Å². The maximum atomic E-state index is 12.9. The van der Waals surface area contributed by atoms with Crippen LogP contribution in [0.25, 0.3) is 11.0 Å². The van der Waals surface area contributed by atoms with Crippen molar-refractivity contribution in [3.05, 3.63) is 64.8 Å². The zero-order chi connectivity index (χ0) is 17.3. The number of aromatic nitrogens is 2.